The Bertz CT molecular complexity index is 594. The van der Waals surface area contributed by atoms with Gasteiger partial charge in [-0.25, -0.2) is 0 Å². The van der Waals surface area contributed by atoms with Gasteiger partial charge < -0.3 is 5.21 Å². The molecule has 0 amide bonds. The third kappa shape index (κ3) is 2.70. The summed E-state index contributed by atoms with van der Waals surface area (Å²) in [6, 6.07) is 10.6. The van der Waals surface area contributed by atoms with E-state index in [2.05, 4.69) is 0 Å². The van der Waals surface area contributed by atoms with Crippen molar-refractivity contribution >= 4 is 17.8 Å². The molecule has 2 rings (SSSR count). The van der Waals surface area contributed by atoms with E-state index in [0.717, 1.165) is 11.8 Å². The lowest BCUT2D eigenvalue weighted by atomic mass is 10.1. The summed E-state index contributed by atoms with van der Waals surface area (Å²) in [5, 5.41) is 21.9. The van der Waals surface area contributed by atoms with Gasteiger partial charge in [0.25, 0.3) is 5.69 Å². The molecule has 5 heteroatoms. The Morgan fingerprint density at radius 1 is 1.11 bits per heavy atom. The summed E-state index contributed by atoms with van der Waals surface area (Å²) >= 11 is 0. The molecule has 0 unspecified atom stereocenters. The van der Waals surface area contributed by atoms with Crippen molar-refractivity contribution in [2.24, 2.45) is 0 Å². The maximum Gasteiger partial charge on any atom is 0.288 e. The average Bonchev–Trinajstić information content (AvgIpc) is 2.37. The second-order valence-electron chi connectivity index (χ2n) is 3.65. The molecule has 0 spiro atoms. The van der Waals surface area contributed by atoms with Gasteiger partial charge in [-0.05, 0) is 11.6 Å². The van der Waals surface area contributed by atoms with E-state index in [1.807, 2.05) is 30.3 Å². The highest BCUT2D eigenvalue weighted by molar-refractivity contribution is 5.73. The predicted molar refractivity (Wildman–Crippen MR) is 67.4 cm³/mol. The van der Waals surface area contributed by atoms with Crippen LogP contribution in [0.25, 0.3) is 12.2 Å². The number of nitro groups is 1. The maximum atomic E-state index is 11.1. The first-order chi connectivity index (χ1) is 8.66. The van der Waals surface area contributed by atoms with Crippen molar-refractivity contribution in [3.05, 3.63) is 75.2 Å². The number of nitrogens with zero attached hydrogens (tertiary/aromatic N) is 2. The Labute approximate surface area is 103 Å². The van der Waals surface area contributed by atoms with Gasteiger partial charge in [-0.1, -0.05) is 36.4 Å². The minimum absolute atomic E-state index is 0.0886. The van der Waals surface area contributed by atoms with Crippen molar-refractivity contribution in [3.8, 4) is 0 Å². The SMILES string of the molecule is O=[N+]([O-])c1cc[n+]([O-])cc1/C=C\c1ccccc1. The zero-order chi connectivity index (χ0) is 13.0. The number of hydrogen-bond acceptors (Lipinski definition) is 3. The highest BCUT2D eigenvalue weighted by atomic mass is 16.6. The van der Waals surface area contributed by atoms with Crippen molar-refractivity contribution in [3.63, 3.8) is 0 Å². The number of pyridine rings is 1. The van der Waals surface area contributed by atoms with Crippen LogP contribution in [0.5, 0.6) is 0 Å². The highest BCUT2D eigenvalue weighted by Gasteiger charge is 2.14. The molecule has 0 N–H and O–H groups in total. The first kappa shape index (κ1) is 11.8. The number of hydrogen-bond donors (Lipinski definition) is 0. The van der Waals surface area contributed by atoms with Crippen LogP contribution in [0.1, 0.15) is 11.1 Å². The van der Waals surface area contributed by atoms with E-state index in [-0.39, 0.29) is 11.3 Å². The molecular formula is C13H10N2O3. The molecule has 1 aromatic carbocycles. The third-order valence-electron chi connectivity index (χ3n) is 2.39. The fraction of sp³-hybridized carbons (Fsp3) is 0. The molecule has 0 saturated heterocycles. The lowest BCUT2D eigenvalue weighted by Crippen LogP contribution is -2.24. The molecule has 18 heavy (non-hydrogen) atoms. The topological polar surface area (TPSA) is 70.1 Å². The lowest BCUT2D eigenvalue weighted by molar-refractivity contribution is -0.606. The van der Waals surface area contributed by atoms with Gasteiger partial charge >= 0.3 is 0 Å². The van der Waals surface area contributed by atoms with Gasteiger partial charge in [0.15, 0.2) is 12.4 Å². The fourth-order valence-electron chi connectivity index (χ4n) is 1.53. The normalized spacial score (nSPS) is 10.7. The predicted octanol–water partition coefficient (Wildman–Crippen LogP) is 2.40. The molecule has 0 fully saturated rings. The number of rotatable bonds is 3. The van der Waals surface area contributed by atoms with Crippen LogP contribution in [0.15, 0.2) is 48.8 Å². The first-order valence-electron chi connectivity index (χ1n) is 5.27. The van der Waals surface area contributed by atoms with Crippen LogP contribution in [0.4, 0.5) is 5.69 Å². The molecule has 0 radical (unpaired) electrons. The summed E-state index contributed by atoms with van der Waals surface area (Å²) in [5.74, 6) is 0. The Morgan fingerprint density at radius 2 is 1.83 bits per heavy atom. The summed E-state index contributed by atoms with van der Waals surface area (Å²) in [7, 11) is 0. The van der Waals surface area contributed by atoms with E-state index in [9.17, 15) is 15.3 Å². The van der Waals surface area contributed by atoms with Gasteiger partial charge in [-0.3, -0.25) is 10.1 Å². The Balaban J connectivity index is 2.36. The first-order valence-corrected chi connectivity index (χ1v) is 5.27. The van der Waals surface area contributed by atoms with E-state index >= 15 is 0 Å². The Morgan fingerprint density at radius 3 is 2.50 bits per heavy atom. The summed E-state index contributed by atoms with van der Waals surface area (Å²) in [5.41, 5.74) is 1.10. The molecule has 0 bridgehead atoms. The van der Waals surface area contributed by atoms with Crippen LogP contribution in [0.2, 0.25) is 0 Å². The van der Waals surface area contributed by atoms with E-state index in [0.29, 0.717) is 4.73 Å². The van der Waals surface area contributed by atoms with E-state index in [1.54, 1.807) is 12.2 Å². The molecule has 1 heterocycles. The van der Waals surface area contributed by atoms with Crippen molar-refractivity contribution in [2.75, 3.05) is 0 Å². The molecule has 2 aromatic rings. The van der Waals surface area contributed by atoms with Gasteiger partial charge in [-0.2, -0.15) is 4.73 Å². The molecule has 0 aliphatic rings. The van der Waals surface area contributed by atoms with Gasteiger partial charge in [0, 0.05) is 0 Å². The lowest BCUT2D eigenvalue weighted by Gasteiger charge is -1.98. The van der Waals surface area contributed by atoms with Crippen molar-refractivity contribution in [1.82, 2.24) is 0 Å². The van der Waals surface area contributed by atoms with Gasteiger partial charge in [-0.15, -0.1) is 0 Å². The average molecular weight is 242 g/mol. The van der Waals surface area contributed by atoms with Crippen LogP contribution < -0.4 is 4.73 Å². The number of aromatic nitrogens is 1. The molecule has 90 valence electrons. The summed E-state index contributed by atoms with van der Waals surface area (Å²) < 4.78 is 0.539. The van der Waals surface area contributed by atoms with Crippen molar-refractivity contribution in [1.29, 1.82) is 0 Å². The zero-order valence-corrected chi connectivity index (χ0v) is 9.39. The largest absolute Gasteiger partial charge is 0.619 e. The zero-order valence-electron chi connectivity index (χ0n) is 9.39. The molecule has 0 atom stereocenters. The molecule has 0 saturated carbocycles. The van der Waals surface area contributed by atoms with Crippen LogP contribution in [0, 0.1) is 15.3 Å². The number of benzene rings is 1. The second-order valence-corrected chi connectivity index (χ2v) is 3.65. The van der Waals surface area contributed by atoms with E-state index in [4.69, 9.17) is 0 Å². The standard InChI is InChI=1S/C13H10N2O3/c16-14-9-8-13(15(17)18)12(10-14)7-6-11-4-2-1-3-5-11/h1-10H/b7-6-. The van der Waals surface area contributed by atoms with Crippen LogP contribution >= 0.6 is 0 Å². The minimum Gasteiger partial charge on any atom is -0.619 e. The molecule has 5 nitrogen and oxygen atoms in total. The van der Waals surface area contributed by atoms with Crippen LogP contribution in [-0.2, 0) is 0 Å². The molecule has 0 aliphatic heterocycles. The van der Waals surface area contributed by atoms with Crippen LogP contribution in [-0.4, -0.2) is 4.92 Å². The van der Waals surface area contributed by atoms with Crippen LogP contribution in [0.3, 0.4) is 0 Å². The molecular weight excluding hydrogens is 232 g/mol. The Kier molecular flexibility index (Phi) is 3.33. The highest BCUT2D eigenvalue weighted by Crippen LogP contribution is 2.18. The van der Waals surface area contributed by atoms with Gasteiger partial charge in [0.2, 0.25) is 0 Å². The summed E-state index contributed by atoms with van der Waals surface area (Å²) in [6.45, 7) is 0. The Hall–Kier alpha value is -2.69. The van der Waals surface area contributed by atoms with E-state index in [1.165, 1.54) is 12.3 Å². The van der Waals surface area contributed by atoms with Crippen molar-refractivity contribution in [2.45, 2.75) is 0 Å². The van der Waals surface area contributed by atoms with Crippen molar-refractivity contribution < 1.29 is 9.65 Å². The second kappa shape index (κ2) is 5.09. The van der Waals surface area contributed by atoms with Gasteiger partial charge in [0.05, 0.1) is 11.0 Å². The van der Waals surface area contributed by atoms with E-state index < -0.39 is 4.92 Å². The monoisotopic (exact) mass is 242 g/mol. The summed E-state index contributed by atoms with van der Waals surface area (Å²) in [4.78, 5) is 10.3. The maximum absolute atomic E-state index is 11.1. The molecule has 1 aromatic heterocycles. The minimum atomic E-state index is -0.509. The fourth-order valence-corrected chi connectivity index (χ4v) is 1.53. The third-order valence-corrected chi connectivity index (χ3v) is 2.39. The molecule has 0 aliphatic carbocycles. The smallest absolute Gasteiger partial charge is 0.288 e. The van der Waals surface area contributed by atoms with Gasteiger partial charge in [0.1, 0.15) is 5.56 Å². The summed E-state index contributed by atoms with van der Waals surface area (Å²) in [6.07, 6.45) is 5.57. The quantitative estimate of drug-likeness (QED) is 0.359.